The fourth-order valence-electron chi connectivity index (χ4n) is 3.84. The molecule has 4 nitrogen and oxygen atoms in total. The maximum Gasteiger partial charge on any atom is 0.243 e. The van der Waals surface area contributed by atoms with Crippen LogP contribution in [0.25, 0.3) is 0 Å². The summed E-state index contributed by atoms with van der Waals surface area (Å²) in [6.45, 7) is 3.02. The predicted molar refractivity (Wildman–Crippen MR) is 111 cm³/mol. The summed E-state index contributed by atoms with van der Waals surface area (Å²) < 4.78 is 27.4. The zero-order valence-corrected chi connectivity index (χ0v) is 16.8. The van der Waals surface area contributed by atoms with Crippen LogP contribution >= 0.6 is 0 Å². The van der Waals surface area contributed by atoms with E-state index in [1.807, 2.05) is 31.2 Å². The summed E-state index contributed by atoms with van der Waals surface area (Å²) in [7, 11) is -3.44. The molecule has 1 fully saturated rings. The van der Waals surface area contributed by atoms with Crippen molar-refractivity contribution in [2.24, 2.45) is 0 Å². The van der Waals surface area contributed by atoms with Gasteiger partial charge < -0.3 is 0 Å². The Morgan fingerprint density at radius 1 is 0.964 bits per heavy atom. The molecule has 5 heteroatoms. The number of aromatic nitrogens is 1. The van der Waals surface area contributed by atoms with Crippen LogP contribution in [0.1, 0.15) is 34.9 Å². The zero-order chi connectivity index (χ0) is 19.6. The molecule has 1 aliphatic heterocycles. The Morgan fingerprint density at radius 2 is 1.64 bits per heavy atom. The van der Waals surface area contributed by atoms with Crippen molar-refractivity contribution in [1.29, 1.82) is 0 Å². The summed E-state index contributed by atoms with van der Waals surface area (Å²) in [6.07, 6.45) is 1.66. The van der Waals surface area contributed by atoms with Crippen LogP contribution in [0.4, 0.5) is 0 Å². The largest absolute Gasteiger partial charge is 0.258 e. The van der Waals surface area contributed by atoms with Gasteiger partial charge in [0.2, 0.25) is 10.0 Å². The highest BCUT2D eigenvalue weighted by molar-refractivity contribution is 7.89. The van der Waals surface area contributed by atoms with Gasteiger partial charge in [0.25, 0.3) is 0 Å². The predicted octanol–water partition coefficient (Wildman–Crippen LogP) is 4.16. The Kier molecular flexibility index (Phi) is 5.29. The van der Waals surface area contributed by atoms with Crippen LogP contribution in [-0.2, 0) is 16.4 Å². The van der Waals surface area contributed by atoms with Gasteiger partial charge in [-0.25, -0.2) is 8.42 Å². The molecular formula is C23H24N2O2S. The van der Waals surface area contributed by atoms with Crippen molar-refractivity contribution in [2.45, 2.75) is 30.6 Å². The quantitative estimate of drug-likeness (QED) is 0.655. The SMILES string of the molecule is Cc1cc(Cc2ccccc2)cc([C@@H]2CCN(S(=O)(=O)c3ccccc3)C2)n1. The molecule has 4 rings (SSSR count). The van der Waals surface area contributed by atoms with Crippen LogP contribution in [-0.4, -0.2) is 30.8 Å². The lowest BCUT2D eigenvalue weighted by Gasteiger charge is -2.17. The smallest absolute Gasteiger partial charge is 0.243 e. The molecule has 0 spiro atoms. The molecule has 1 aliphatic rings. The summed E-state index contributed by atoms with van der Waals surface area (Å²) >= 11 is 0. The minimum absolute atomic E-state index is 0.132. The lowest BCUT2D eigenvalue weighted by Crippen LogP contribution is -2.28. The molecular weight excluding hydrogens is 368 g/mol. The Labute approximate surface area is 166 Å². The van der Waals surface area contributed by atoms with Crippen LogP contribution in [0.5, 0.6) is 0 Å². The summed E-state index contributed by atoms with van der Waals surface area (Å²) in [5, 5.41) is 0. The summed E-state index contributed by atoms with van der Waals surface area (Å²) in [5.41, 5.74) is 4.46. The van der Waals surface area contributed by atoms with Crippen molar-refractivity contribution in [3.63, 3.8) is 0 Å². The maximum absolute atomic E-state index is 12.9. The fraction of sp³-hybridized carbons (Fsp3) is 0.261. The normalized spacial score (nSPS) is 17.7. The second-order valence-electron chi connectivity index (χ2n) is 7.37. The first kappa shape index (κ1) is 18.8. The van der Waals surface area contributed by atoms with Crippen molar-refractivity contribution in [1.82, 2.24) is 9.29 Å². The molecule has 0 radical (unpaired) electrons. The van der Waals surface area contributed by atoms with Crippen LogP contribution in [0, 0.1) is 6.92 Å². The van der Waals surface area contributed by atoms with E-state index >= 15 is 0 Å². The van der Waals surface area contributed by atoms with E-state index < -0.39 is 10.0 Å². The molecule has 3 aromatic rings. The van der Waals surface area contributed by atoms with E-state index in [1.54, 1.807) is 28.6 Å². The summed E-state index contributed by atoms with van der Waals surface area (Å²) in [5.74, 6) is 0.132. The van der Waals surface area contributed by atoms with Gasteiger partial charge in [-0.3, -0.25) is 4.98 Å². The third-order valence-electron chi connectivity index (χ3n) is 5.23. The number of hydrogen-bond donors (Lipinski definition) is 0. The fourth-order valence-corrected chi connectivity index (χ4v) is 5.36. The van der Waals surface area contributed by atoms with Gasteiger partial charge in [-0.1, -0.05) is 48.5 Å². The first-order chi connectivity index (χ1) is 13.5. The molecule has 0 N–H and O–H groups in total. The van der Waals surface area contributed by atoms with Gasteiger partial charge in [0.15, 0.2) is 0 Å². The van der Waals surface area contributed by atoms with Gasteiger partial charge in [0, 0.05) is 30.4 Å². The molecule has 0 unspecified atom stereocenters. The molecule has 28 heavy (non-hydrogen) atoms. The topological polar surface area (TPSA) is 50.3 Å². The van der Waals surface area contributed by atoms with Gasteiger partial charge in [-0.15, -0.1) is 0 Å². The Bertz CT molecular complexity index is 1050. The third-order valence-corrected chi connectivity index (χ3v) is 7.11. The van der Waals surface area contributed by atoms with Crippen LogP contribution < -0.4 is 0 Å². The average Bonchev–Trinajstić information content (AvgIpc) is 3.20. The van der Waals surface area contributed by atoms with Crippen LogP contribution in [0.2, 0.25) is 0 Å². The molecule has 0 bridgehead atoms. The first-order valence-corrected chi connectivity index (χ1v) is 11.0. The number of hydrogen-bond acceptors (Lipinski definition) is 3. The van der Waals surface area contributed by atoms with E-state index in [4.69, 9.17) is 4.98 Å². The van der Waals surface area contributed by atoms with Crippen molar-refractivity contribution in [2.75, 3.05) is 13.1 Å². The number of rotatable bonds is 5. The van der Waals surface area contributed by atoms with E-state index in [0.29, 0.717) is 18.0 Å². The third kappa shape index (κ3) is 4.01. The van der Waals surface area contributed by atoms with E-state index in [-0.39, 0.29) is 5.92 Å². The lowest BCUT2D eigenvalue weighted by molar-refractivity contribution is 0.472. The molecule has 1 atom stereocenters. The minimum Gasteiger partial charge on any atom is -0.258 e. The minimum atomic E-state index is -3.44. The van der Waals surface area contributed by atoms with Crippen molar-refractivity contribution < 1.29 is 8.42 Å². The van der Waals surface area contributed by atoms with E-state index in [1.165, 1.54) is 11.1 Å². The highest BCUT2D eigenvalue weighted by Crippen LogP contribution is 2.31. The summed E-state index contributed by atoms with van der Waals surface area (Å²) in [6, 6.07) is 23.3. The molecule has 2 aromatic carbocycles. The van der Waals surface area contributed by atoms with E-state index in [9.17, 15) is 8.42 Å². The number of sulfonamides is 1. The molecule has 144 valence electrons. The van der Waals surface area contributed by atoms with Crippen LogP contribution in [0.15, 0.2) is 77.7 Å². The van der Waals surface area contributed by atoms with Crippen LogP contribution in [0.3, 0.4) is 0 Å². The van der Waals surface area contributed by atoms with E-state index in [2.05, 4.69) is 24.3 Å². The Hall–Kier alpha value is -2.50. The van der Waals surface area contributed by atoms with Gasteiger partial charge in [0.05, 0.1) is 4.90 Å². The molecule has 0 saturated carbocycles. The molecule has 1 saturated heterocycles. The van der Waals surface area contributed by atoms with Gasteiger partial charge in [0.1, 0.15) is 0 Å². The highest BCUT2D eigenvalue weighted by Gasteiger charge is 2.33. The van der Waals surface area contributed by atoms with E-state index in [0.717, 1.165) is 24.2 Å². The second kappa shape index (κ2) is 7.86. The standard InChI is InChI=1S/C23H24N2O2S/c1-18-14-20(15-19-8-4-2-5-9-19)16-23(24-18)21-12-13-25(17-21)28(26,27)22-10-6-3-7-11-22/h2-11,14,16,21H,12-13,15,17H2,1H3/t21-/m1/s1. The molecule has 2 heterocycles. The van der Waals surface area contributed by atoms with Gasteiger partial charge in [-0.2, -0.15) is 4.31 Å². The Balaban J connectivity index is 1.54. The number of nitrogens with zero attached hydrogens (tertiary/aromatic N) is 2. The number of pyridine rings is 1. The monoisotopic (exact) mass is 392 g/mol. The lowest BCUT2D eigenvalue weighted by atomic mass is 9.99. The maximum atomic E-state index is 12.9. The molecule has 0 amide bonds. The molecule has 1 aromatic heterocycles. The zero-order valence-electron chi connectivity index (χ0n) is 16.0. The van der Waals surface area contributed by atoms with Crippen molar-refractivity contribution in [3.8, 4) is 0 Å². The first-order valence-electron chi connectivity index (χ1n) is 9.59. The number of aryl methyl sites for hydroxylation is 1. The van der Waals surface area contributed by atoms with Crippen molar-refractivity contribution in [3.05, 3.63) is 95.3 Å². The summed E-state index contributed by atoms with van der Waals surface area (Å²) in [4.78, 5) is 5.08. The van der Waals surface area contributed by atoms with Gasteiger partial charge >= 0.3 is 0 Å². The molecule has 0 aliphatic carbocycles. The second-order valence-corrected chi connectivity index (χ2v) is 9.30. The van der Waals surface area contributed by atoms with Crippen molar-refractivity contribution >= 4 is 10.0 Å². The Morgan fingerprint density at radius 3 is 2.36 bits per heavy atom. The number of benzene rings is 2. The highest BCUT2D eigenvalue weighted by atomic mass is 32.2. The average molecular weight is 393 g/mol. The van der Waals surface area contributed by atoms with Gasteiger partial charge in [-0.05, 0) is 55.2 Å².